The molecular formula is C24H32N2O4. The SMILES string of the molecule is CCN(Cc1ccc(OC)c(OC)c1)C(=O)C(NC(=O)CC(C)C)c1ccccc1. The van der Waals surface area contributed by atoms with Crippen LogP contribution in [0.1, 0.15) is 44.4 Å². The summed E-state index contributed by atoms with van der Waals surface area (Å²) in [6.45, 7) is 6.80. The van der Waals surface area contributed by atoms with Crippen molar-refractivity contribution in [2.75, 3.05) is 20.8 Å². The molecule has 6 nitrogen and oxygen atoms in total. The monoisotopic (exact) mass is 412 g/mol. The summed E-state index contributed by atoms with van der Waals surface area (Å²) in [6, 6.07) is 14.2. The lowest BCUT2D eigenvalue weighted by molar-refractivity contribution is -0.137. The molecule has 30 heavy (non-hydrogen) atoms. The number of nitrogens with zero attached hydrogens (tertiary/aromatic N) is 1. The highest BCUT2D eigenvalue weighted by Gasteiger charge is 2.27. The molecule has 0 spiro atoms. The first-order valence-corrected chi connectivity index (χ1v) is 10.2. The van der Waals surface area contributed by atoms with Crippen LogP contribution in [0.2, 0.25) is 0 Å². The number of benzene rings is 2. The molecule has 2 rings (SSSR count). The molecule has 162 valence electrons. The van der Waals surface area contributed by atoms with E-state index < -0.39 is 6.04 Å². The van der Waals surface area contributed by atoms with Crippen molar-refractivity contribution in [2.24, 2.45) is 5.92 Å². The standard InChI is InChI=1S/C24H32N2O4/c1-6-26(16-18-12-13-20(29-4)21(15-18)30-5)24(28)23(19-10-8-7-9-11-19)25-22(27)14-17(2)3/h7-13,15,17,23H,6,14,16H2,1-5H3,(H,25,27). The fourth-order valence-electron chi connectivity index (χ4n) is 3.25. The number of hydrogen-bond acceptors (Lipinski definition) is 4. The first-order valence-electron chi connectivity index (χ1n) is 10.2. The van der Waals surface area contributed by atoms with Crippen LogP contribution in [-0.2, 0) is 16.1 Å². The number of ether oxygens (including phenoxy) is 2. The molecule has 0 aliphatic carbocycles. The maximum Gasteiger partial charge on any atom is 0.250 e. The largest absolute Gasteiger partial charge is 0.493 e. The topological polar surface area (TPSA) is 67.9 Å². The molecule has 2 aromatic rings. The third kappa shape index (κ3) is 6.24. The fourth-order valence-corrected chi connectivity index (χ4v) is 3.25. The molecule has 0 saturated carbocycles. The maximum atomic E-state index is 13.4. The lowest BCUT2D eigenvalue weighted by Gasteiger charge is -2.28. The smallest absolute Gasteiger partial charge is 0.250 e. The van der Waals surface area contributed by atoms with Crippen LogP contribution in [0.25, 0.3) is 0 Å². The van der Waals surface area contributed by atoms with E-state index in [0.29, 0.717) is 31.0 Å². The maximum absolute atomic E-state index is 13.4. The number of nitrogens with one attached hydrogen (secondary N) is 1. The van der Waals surface area contributed by atoms with Gasteiger partial charge in [-0.3, -0.25) is 9.59 Å². The van der Waals surface area contributed by atoms with Crippen molar-refractivity contribution >= 4 is 11.8 Å². The average Bonchev–Trinajstić information content (AvgIpc) is 2.75. The highest BCUT2D eigenvalue weighted by atomic mass is 16.5. The van der Waals surface area contributed by atoms with E-state index in [1.807, 2.05) is 69.3 Å². The van der Waals surface area contributed by atoms with Crippen molar-refractivity contribution in [2.45, 2.75) is 39.8 Å². The van der Waals surface area contributed by atoms with Crippen molar-refractivity contribution < 1.29 is 19.1 Å². The molecule has 0 aromatic heterocycles. The van der Waals surface area contributed by atoms with Gasteiger partial charge in [-0.05, 0) is 36.1 Å². The Kier molecular flexibility index (Phi) is 8.71. The van der Waals surface area contributed by atoms with Crippen molar-refractivity contribution in [3.05, 3.63) is 59.7 Å². The number of methoxy groups -OCH3 is 2. The molecule has 1 N–H and O–H groups in total. The van der Waals surface area contributed by atoms with Gasteiger partial charge in [0.2, 0.25) is 11.8 Å². The number of carbonyl (C=O) groups excluding carboxylic acids is 2. The van der Waals surface area contributed by atoms with Crippen LogP contribution in [0.5, 0.6) is 11.5 Å². The molecule has 1 unspecified atom stereocenters. The third-order valence-corrected chi connectivity index (χ3v) is 4.79. The fraction of sp³-hybridized carbons (Fsp3) is 0.417. The normalized spacial score (nSPS) is 11.7. The summed E-state index contributed by atoms with van der Waals surface area (Å²) in [5.74, 6) is 1.19. The van der Waals surface area contributed by atoms with Crippen molar-refractivity contribution in [1.29, 1.82) is 0 Å². The number of rotatable bonds is 10. The summed E-state index contributed by atoms with van der Waals surface area (Å²) in [7, 11) is 3.17. The van der Waals surface area contributed by atoms with Gasteiger partial charge in [0.25, 0.3) is 0 Å². The van der Waals surface area contributed by atoms with E-state index in [0.717, 1.165) is 11.1 Å². The minimum absolute atomic E-state index is 0.130. The van der Waals surface area contributed by atoms with E-state index in [1.165, 1.54) is 0 Å². The van der Waals surface area contributed by atoms with Crippen LogP contribution in [0, 0.1) is 5.92 Å². The number of likely N-dealkylation sites (N-methyl/N-ethyl adjacent to an activating group) is 1. The molecular weight excluding hydrogens is 380 g/mol. The summed E-state index contributed by atoms with van der Waals surface area (Å²) in [4.78, 5) is 27.6. The van der Waals surface area contributed by atoms with Crippen LogP contribution < -0.4 is 14.8 Å². The Balaban J connectivity index is 2.26. The Morgan fingerprint density at radius 1 is 1.00 bits per heavy atom. The van der Waals surface area contributed by atoms with E-state index in [9.17, 15) is 9.59 Å². The lowest BCUT2D eigenvalue weighted by atomic mass is 10.0. The summed E-state index contributed by atoms with van der Waals surface area (Å²) < 4.78 is 10.7. The molecule has 0 bridgehead atoms. The van der Waals surface area contributed by atoms with E-state index in [4.69, 9.17) is 9.47 Å². The van der Waals surface area contributed by atoms with Crippen LogP contribution in [0.15, 0.2) is 48.5 Å². The van der Waals surface area contributed by atoms with Crippen LogP contribution in [-0.4, -0.2) is 37.5 Å². The molecule has 1 atom stereocenters. The quantitative estimate of drug-likeness (QED) is 0.641. The lowest BCUT2D eigenvalue weighted by Crippen LogP contribution is -2.42. The van der Waals surface area contributed by atoms with E-state index in [-0.39, 0.29) is 17.7 Å². The van der Waals surface area contributed by atoms with Gasteiger partial charge in [0.1, 0.15) is 6.04 Å². The van der Waals surface area contributed by atoms with Gasteiger partial charge in [-0.25, -0.2) is 0 Å². The Labute approximate surface area is 179 Å². The average molecular weight is 413 g/mol. The first-order chi connectivity index (χ1) is 14.4. The number of carbonyl (C=O) groups is 2. The molecule has 0 aliphatic rings. The van der Waals surface area contributed by atoms with E-state index >= 15 is 0 Å². The van der Waals surface area contributed by atoms with Gasteiger partial charge < -0.3 is 19.7 Å². The Bertz CT molecular complexity index is 836. The van der Waals surface area contributed by atoms with Crippen LogP contribution in [0.4, 0.5) is 0 Å². The predicted octanol–water partition coefficient (Wildman–Crippen LogP) is 3.96. The second-order valence-electron chi connectivity index (χ2n) is 7.55. The van der Waals surface area contributed by atoms with Gasteiger partial charge in [-0.2, -0.15) is 0 Å². The molecule has 0 heterocycles. The molecule has 0 radical (unpaired) electrons. The van der Waals surface area contributed by atoms with Crippen molar-refractivity contribution in [3.63, 3.8) is 0 Å². The van der Waals surface area contributed by atoms with Gasteiger partial charge in [0.05, 0.1) is 14.2 Å². The highest BCUT2D eigenvalue weighted by molar-refractivity contribution is 5.88. The predicted molar refractivity (Wildman–Crippen MR) is 117 cm³/mol. The second-order valence-corrected chi connectivity index (χ2v) is 7.55. The summed E-state index contributed by atoms with van der Waals surface area (Å²) in [6.07, 6.45) is 0.373. The van der Waals surface area contributed by atoms with Gasteiger partial charge in [0, 0.05) is 19.5 Å². The van der Waals surface area contributed by atoms with E-state index in [1.54, 1.807) is 19.1 Å². The summed E-state index contributed by atoms with van der Waals surface area (Å²) >= 11 is 0. The molecule has 0 aliphatic heterocycles. The number of hydrogen-bond donors (Lipinski definition) is 1. The molecule has 2 aromatic carbocycles. The minimum Gasteiger partial charge on any atom is -0.493 e. The van der Waals surface area contributed by atoms with Gasteiger partial charge in [-0.1, -0.05) is 50.2 Å². The third-order valence-electron chi connectivity index (χ3n) is 4.79. The van der Waals surface area contributed by atoms with Gasteiger partial charge >= 0.3 is 0 Å². The molecule has 2 amide bonds. The van der Waals surface area contributed by atoms with Crippen molar-refractivity contribution in [3.8, 4) is 11.5 Å². The Hall–Kier alpha value is -3.02. The zero-order valence-corrected chi connectivity index (χ0v) is 18.5. The zero-order valence-electron chi connectivity index (χ0n) is 18.5. The number of amides is 2. The first kappa shape index (κ1) is 23.3. The summed E-state index contributed by atoms with van der Waals surface area (Å²) in [5.41, 5.74) is 1.69. The molecule has 0 saturated heterocycles. The second kappa shape index (κ2) is 11.2. The Morgan fingerprint density at radius 3 is 2.23 bits per heavy atom. The molecule has 6 heteroatoms. The zero-order chi connectivity index (χ0) is 22.1. The van der Waals surface area contributed by atoms with Gasteiger partial charge in [0.15, 0.2) is 11.5 Å². The van der Waals surface area contributed by atoms with E-state index in [2.05, 4.69) is 5.32 Å². The molecule has 0 fully saturated rings. The highest BCUT2D eigenvalue weighted by Crippen LogP contribution is 2.28. The van der Waals surface area contributed by atoms with Crippen LogP contribution in [0.3, 0.4) is 0 Å². The minimum atomic E-state index is -0.724. The Morgan fingerprint density at radius 2 is 1.67 bits per heavy atom. The van der Waals surface area contributed by atoms with Gasteiger partial charge in [-0.15, -0.1) is 0 Å². The van der Waals surface area contributed by atoms with Crippen LogP contribution >= 0.6 is 0 Å². The summed E-state index contributed by atoms with van der Waals surface area (Å²) in [5, 5.41) is 2.93. The van der Waals surface area contributed by atoms with Crippen molar-refractivity contribution in [1.82, 2.24) is 10.2 Å².